The number of amides is 1. The molecule has 1 atom stereocenters. The lowest BCUT2D eigenvalue weighted by molar-refractivity contribution is -0.128. The van der Waals surface area contributed by atoms with E-state index in [1.807, 2.05) is 36.4 Å². The smallest absolute Gasteiger partial charge is 0.242 e. The van der Waals surface area contributed by atoms with E-state index in [-0.39, 0.29) is 11.9 Å². The van der Waals surface area contributed by atoms with Crippen LogP contribution in [0.1, 0.15) is 17.2 Å². The molecule has 0 aliphatic carbocycles. The predicted molar refractivity (Wildman–Crippen MR) is 97.5 cm³/mol. The fourth-order valence-electron chi connectivity index (χ4n) is 3.02. The molecule has 0 spiro atoms. The number of nitrogens with one attached hydrogen (secondary N) is 1. The van der Waals surface area contributed by atoms with Crippen LogP contribution in [-0.4, -0.2) is 48.6 Å². The Bertz CT molecular complexity index is 690. The molecule has 3 rings (SSSR count). The van der Waals surface area contributed by atoms with E-state index in [1.54, 1.807) is 12.4 Å². The quantitative estimate of drug-likeness (QED) is 0.860. The van der Waals surface area contributed by atoms with Gasteiger partial charge in [0.05, 0.1) is 13.2 Å². The maximum Gasteiger partial charge on any atom is 0.242 e. The summed E-state index contributed by atoms with van der Waals surface area (Å²) >= 11 is 6.18. The van der Waals surface area contributed by atoms with Crippen molar-refractivity contribution in [2.45, 2.75) is 12.5 Å². The molecular weight excluding hydrogens is 338 g/mol. The van der Waals surface area contributed by atoms with E-state index >= 15 is 0 Å². The predicted octanol–water partition coefficient (Wildman–Crippen LogP) is 2.47. The summed E-state index contributed by atoms with van der Waals surface area (Å²) in [7, 11) is 0. The van der Waals surface area contributed by atoms with Crippen LogP contribution in [0.5, 0.6) is 0 Å². The number of morpholine rings is 1. The number of aromatic nitrogens is 1. The molecule has 1 amide bonds. The number of ether oxygens (including phenoxy) is 1. The summed E-state index contributed by atoms with van der Waals surface area (Å²) in [6, 6.07) is 11.2. The first-order valence-electron chi connectivity index (χ1n) is 8.48. The van der Waals surface area contributed by atoms with Crippen LogP contribution in [0, 0.1) is 0 Å². The highest BCUT2D eigenvalue weighted by Gasteiger charge is 2.28. The summed E-state index contributed by atoms with van der Waals surface area (Å²) < 4.78 is 5.41. The van der Waals surface area contributed by atoms with E-state index in [9.17, 15) is 4.79 Å². The van der Waals surface area contributed by atoms with Crippen molar-refractivity contribution in [1.29, 1.82) is 0 Å². The summed E-state index contributed by atoms with van der Waals surface area (Å²) in [5.74, 6) is -0.0121. The Balaban J connectivity index is 1.65. The van der Waals surface area contributed by atoms with Gasteiger partial charge in [0.25, 0.3) is 0 Å². The molecule has 6 heteroatoms. The first-order chi connectivity index (χ1) is 12.3. The third-order valence-corrected chi connectivity index (χ3v) is 4.68. The minimum absolute atomic E-state index is 0.0121. The monoisotopic (exact) mass is 359 g/mol. The second-order valence-corrected chi connectivity index (χ2v) is 6.38. The highest BCUT2D eigenvalue weighted by molar-refractivity contribution is 6.31. The molecule has 2 aromatic rings. The lowest BCUT2D eigenvalue weighted by Gasteiger charge is -2.33. The van der Waals surface area contributed by atoms with Crippen molar-refractivity contribution in [2.75, 3.05) is 32.8 Å². The standard InChI is InChI=1S/C19H22ClN3O2/c20-17-6-2-1-4-15(17)7-9-22-19(24)18(16-5-3-8-21-14-16)23-10-12-25-13-11-23/h1-6,8,14,18H,7,9-13H2,(H,22,24). The molecule has 1 saturated heterocycles. The lowest BCUT2D eigenvalue weighted by Crippen LogP contribution is -2.46. The van der Waals surface area contributed by atoms with Crippen LogP contribution in [0.25, 0.3) is 0 Å². The van der Waals surface area contributed by atoms with Crippen LogP contribution < -0.4 is 5.32 Å². The van der Waals surface area contributed by atoms with E-state index in [4.69, 9.17) is 16.3 Å². The third-order valence-electron chi connectivity index (χ3n) is 4.31. The van der Waals surface area contributed by atoms with Crippen molar-refractivity contribution in [1.82, 2.24) is 15.2 Å². The van der Waals surface area contributed by atoms with Gasteiger partial charge >= 0.3 is 0 Å². The molecule has 0 saturated carbocycles. The zero-order valence-electron chi connectivity index (χ0n) is 14.0. The molecule has 1 fully saturated rings. The number of carbonyl (C=O) groups is 1. The Labute approximate surface area is 153 Å². The van der Waals surface area contributed by atoms with Crippen LogP contribution in [-0.2, 0) is 16.0 Å². The molecule has 1 aromatic heterocycles. The van der Waals surface area contributed by atoms with E-state index in [0.29, 0.717) is 26.2 Å². The lowest BCUT2D eigenvalue weighted by atomic mass is 10.1. The normalized spacial score (nSPS) is 16.4. The molecule has 1 N–H and O–H groups in total. The molecule has 132 valence electrons. The van der Waals surface area contributed by atoms with Crippen molar-refractivity contribution in [3.05, 3.63) is 64.9 Å². The second kappa shape index (κ2) is 8.94. The van der Waals surface area contributed by atoms with Gasteiger partial charge in [0.15, 0.2) is 0 Å². The number of nitrogens with zero attached hydrogens (tertiary/aromatic N) is 2. The van der Waals surface area contributed by atoms with E-state index in [2.05, 4.69) is 15.2 Å². The minimum atomic E-state index is -0.344. The first-order valence-corrected chi connectivity index (χ1v) is 8.86. The van der Waals surface area contributed by atoms with E-state index in [0.717, 1.165) is 29.2 Å². The van der Waals surface area contributed by atoms with Gasteiger partial charge in [-0.05, 0) is 29.7 Å². The number of carbonyl (C=O) groups excluding carboxylic acids is 1. The maximum absolute atomic E-state index is 12.9. The van der Waals surface area contributed by atoms with Gasteiger partial charge in [-0.25, -0.2) is 0 Å². The van der Waals surface area contributed by atoms with Gasteiger partial charge < -0.3 is 10.1 Å². The highest BCUT2D eigenvalue weighted by Crippen LogP contribution is 2.21. The summed E-state index contributed by atoms with van der Waals surface area (Å²) in [6.45, 7) is 3.30. The first kappa shape index (κ1) is 17.9. The fourth-order valence-corrected chi connectivity index (χ4v) is 3.25. The Morgan fingerprint density at radius 2 is 2.04 bits per heavy atom. The summed E-state index contributed by atoms with van der Waals surface area (Å²) in [6.07, 6.45) is 4.18. The van der Waals surface area contributed by atoms with Gasteiger partial charge in [-0.15, -0.1) is 0 Å². The van der Waals surface area contributed by atoms with Gasteiger partial charge in [-0.1, -0.05) is 35.9 Å². The molecule has 0 radical (unpaired) electrons. The van der Waals surface area contributed by atoms with Crippen molar-refractivity contribution in [3.63, 3.8) is 0 Å². The molecule has 1 unspecified atom stereocenters. The Hall–Kier alpha value is -1.95. The average molecular weight is 360 g/mol. The molecule has 25 heavy (non-hydrogen) atoms. The number of hydrogen-bond acceptors (Lipinski definition) is 4. The van der Waals surface area contributed by atoms with Crippen molar-refractivity contribution >= 4 is 17.5 Å². The fraction of sp³-hybridized carbons (Fsp3) is 0.368. The SMILES string of the molecule is O=C(NCCc1ccccc1Cl)C(c1cccnc1)N1CCOCC1. The summed E-state index contributed by atoms with van der Waals surface area (Å²) in [4.78, 5) is 19.2. The summed E-state index contributed by atoms with van der Waals surface area (Å²) in [5.41, 5.74) is 1.94. The van der Waals surface area contributed by atoms with Crippen molar-refractivity contribution < 1.29 is 9.53 Å². The molecule has 1 aromatic carbocycles. The largest absolute Gasteiger partial charge is 0.379 e. The number of pyridine rings is 1. The zero-order valence-corrected chi connectivity index (χ0v) is 14.8. The van der Waals surface area contributed by atoms with Crippen LogP contribution in [0.15, 0.2) is 48.8 Å². The zero-order chi connectivity index (χ0) is 17.5. The number of rotatable bonds is 6. The highest BCUT2D eigenvalue weighted by atomic mass is 35.5. The topological polar surface area (TPSA) is 54.5 Å². The molecular formula is C19H22ClN3O2. The van der Waals surface area contributed by atoms with Crippen LogP contribution >= 0.6 is 11.6 Å². The molecule has 1 aliphatic heterocycles. The van der Waals surface area contributed by atoms with E-state index < -0.39 is 0 Å². The average Bonchev–Trinajstić information content (AvgIpc) is 2.65. The number of benzene rings is 1. The van der Waals surface area contributed by atoms with Crippen molar-refractivity contribution in [3.8, 4) is 0 Å². The second-order valence-electron chi connectivity index (χ2n) is 5.97. The third kappa shape index (κ3) is 4.78. The number of halogens is 1. The Morgan fingerprint density at radius 3 is 2.76 bits per heavy atom. The molecule has 0 bridgehead atoms. The van der Waals surface area contributed by atoms with Gasteiger partial charge in [-0.3, -0.25) is 14.7 Å². The van der Waals surface area contributed by atoms with Gasteiger partial charge in [0.1, 0.15) is 6.04 Å². The minimum Gasteiger partial charge on any atom is -0.379 e. The van der Waals surface area contributed by atoms with Gasteiger partial charge in [-0.2, -0.15) is 0 Å². The summed E-state index contributed by atoms with van der Waals surface area (Å²) in [5, 5.41) is 3.78. The van der Waals surface area contributed by atoms with Crippen molar-refractivity contribution in [2.24, 2.45) is 0 Å². The Morgan fingerprint density at radius 1 is 1.24 bits per heavy atom. The maximum atomic E-state index is 12.9. The van der Waals surface area contributed by atoms with Crippen LogP contribution in [0.4, 0.5) is 0 Å². The van der Waals surface area contributed by atoms with E-state index in [1.165, 1.54) is 0 Å². The van der Waals surface area contributed by atoms with Gasteiger partial charge in [0.2, 0.25) is 5.91 Å². The molecule has 2 heterocycles. The van der Waals surface area contributed by atoms with Crippen LogP contribution in [0.2, 0.25) is 5.02 Å². The molecule has 1 aliphatic rings. The number of hydrogen-bond donors (Lipinski definition) is 1. The van der Waals surface area contributed by atoms with Gasteiger partial charge in [0, 0.05) is 37.1 Å². The van der Waals surface area contributed by atoms with Crippen LogP contribution in [0.3, 0.4) is 0 Å². The molecule has 5 nitrogen and oxygen atoms in total. The Kier molecular flexibility index (Phi) is 6.39.